The van der Waals surface area contributed by atoms with Gasteiger partial charge in [-0.05, 0) is 18.6 Å². The first-order chi connectivity index (χ1) is 14.6. The number of hydrogen-bond acceptors (Lipinski definition) is 6. The fourth-order valence-corrected chi connectivity index (χ4v) is 4.22. The van der Waals surface area contributed by atoms with Gasteiger partial charge in [0.15, 0.2) is 4.96 Å². The highest BCUT2D eigenvalue weighted by molar-refractivity contribution is 7.15. The first kappa shape index (κ1) is 20.5. The summed E-state index contributed by atoms with van der Waals surface area (Å²) in [5.74, 6) is 0.246. The third-order valence-corrected chi connectivity index (χ3v) is 5.82. The van der Waals surface area contributed by atoms with Crippen LogP contribution in [0.4, 0.5) is 4.39 Å². The number of aromatic nitrogens is 2. The van der Waals surface area contributed by atoms with Gasteiger partial charge in [-0.15, -0.1) is 11.3 Å². The Kier molecular flexibility index (Phi) is 6.39. The highest BCUT2D eigenvalue weighted by Crippen LogP contribution is 2.13. The van der Waals surface area contributed by atoms with Crippen molar-refractivity contribution in [2.45, 2.75) is 19.4 Å². The van der Waals surface area contributed by atoms with E-state index in [2.05, 4.69) is 9.88 Å². The van der Waals surface area contributed by atoms with Crippen LogP contribution < -0.4 is 10.3 Å². The van der Waals surface area contributed by atoms with Gasteiger partial charge in [-0.3, -0.25) is 18.9 Å². The number of carbonyl (C=O) groups is 1. The summed E-state index contributed by atoms with van der Waals surface area (Å²) in [5, 5.41) is 1.85. The molecule has 30 heavy (non-hydrogen) atoms. The van der Waals surface area contributed by atoms with Crippen LogP contribution in [0.1, 0.15) is 18.5 Å². The quantitative estimate of drug-likeness (QED) is 0.539. The Hall–Kier alpha value is -2.78. The van der Waals surface area contributed by atoms with Gasteiger partial charge in [0.25, 0.3) is 5.56 Å². The van der Waals surface area contributed by atoms with Crippen molar-refractivity contribution in [3.63, 3.8) is 0 Å². The topological polar surface area (TPSA) is 67.2 Å². The molecule has 2 aromatic heterocycles. The maximum Gasteiger partial charge on any atom is 0.258 e. The van der Waals surface area contributed by atoms with E-state index in [1.54, 1.807) is 28.8 Å². The molecule has 1 amide bonds. The lowest BCUT2D eigenvalue weighted by Gasteiger charge is -2.34. The lowest BCUT2D eigenvalue weighted by Crippen LogP contribution is -2.48. The summed E-state index contributed by atoms with van der Waals surface area (Å²) in [6.45, 7) is 3.79. The minimum atomic E-state index is -0.336. The van der Waals surface area contributed by atoms with Gasteiger partial charge in [-0.2, -0.15) is 0 Å². The lowest BCUT2D eigenvalue weighted by atomic mass is 10.2. The van der Waals surface area contributed by atoms with Gasteiger partial charge >= 0.3 is 0 Å². The van der Waals surface area contributed by atoms with Gasteiger partial charge in [-0.25, -0.2) is 9.37 Å². The predicted molar refractivity (Wildman–Crippen MR) is 112 cm³/mol. The predicted octanol–water partition coefficient (Wildman–Crippen LogP) is 2.40. The molecule has 0 saturated carbocycles. The van der Waals surface area contributed by atoms with E-state index in [-0.39, 0.29) is 17.3 Å². The van der Waals surface area contributed by atoms with Gasteiger partial charge in [0.2, 0.25) is 5.91 Å². The standard InChI is InChI=1S/C21H23FN4O3S/c22-16-3-1-4-18(13-16)29-11-2-5-19(27)25-8-6-24(7-9-25)15-17-14-20(28)26-10-12-30-21(26)23-17/h1,3-4,10,12-14H,2,5-9,11,15H2. The van der Waals surface area contributed by atoms with E-state index in [0.29, 0.717) is 49.8 Å². The number of carbonyl (C=O) groups excluding carboxylic acids is 1. The Morgan fingerprint density at radius 1 is 1.20 bits per heavy atom. The molecule has 4 rings (SSSR count). The smallest absolute Gasteiger partial charge is 0.258 e. The van der Waals surface area contributed by atoms with Crippen molar-refractivity contribution in [1.29, 1.82) is 0 Å². The summed E-state index contributed by atoms with van der Waals surface area (Å²) in [4.78, 5) is 33.9. The van der Waals surface area contributed by atoms with Crippen LogP contribution in [0.2, 0.25) is 0 Å². The van der Waals surface area contributed by atoms with Crippen molar-refractivity contribution in [3.8, 4) is 5.75 Å². The van der Waals surface area contributed by atoms with E-state index in [1.165, 1.54) is 23.5 Å². The molecule has 1 aliphatic rings. The number of rotatable bonds is 7. The Labute approximate surface area is 177 Å². The van der Waals surface area contributed by atoms with Crippen molar-refractivity contribution in [1.82, 2.24) is 19.2 Å². The van der Waals surface area contributed by atoms with Crippen molar-refractivity contribution < 1.29 is 13.9 Å². The number of piperazine rings is 1. The maximum atomic E-state index is 13.1. The number of fused-ring (bicyclic) bond motifs is 1. The first-order valence-electron chi connectivity index (χ1n) is 9.93. The fourth-order valence-electron chi connectivity index (χ4n) is 3.48. The molecule has 0 spiro atoms. The Morgan fingerprint density at radius 3 is 2.83 bits per heavy atom. The molecule has 1 aromatic carbocycles. The number of ether oxygens (including phenoxy) is 1. The fraction of sp³-hybridized carbons (Fsp3) is 0.381. The summed E-state index contributed by atoms with van der Waals surface area (Å²) in [6.07, 6.45) is 2.72. The molecule has 1 fully saturated rings. The molecule has 0 atom stereocenters. The van der Waals surface area contributed by atoms with Crippen LogP contribution in [0, 0.1) is 5.82 Å². The molecule has 3 heterocycles. The highest BCUT2D eigenvalue weighted by atomic mass is 32.1. The second-order valence-corrected chi connectivity index (χ2v) is 8.08. The van der Waals surface area contributed by atoms with E-state index < -0.39 is 0 Å². The van der Waals surface area contributed by atoms with Crippen LogP contribution in [0.5, 0.6) is 5.75 Å². The van der Waals surface area contributed by atoms with E-state index in [4.69, 9.17) is 4.74 Å². The van der Waals surface area contributed by atoms with Crippen LogP contribution in [0.25, 0.3) is 4.96 Å². The number of nitrogens with zero attached hydrogens (tertiary/aromatic N) is 4. The molecule has 3 aromatic rings. The van der Waals surface area contributed by atoms with E-state index in [9.17, 15) is 14.0 Å². The zero-order valence-electron chi connectivity index (χ0n) is 16.5. The molecule has 0 radical (unpaired) electrons. The molecule has 0 aliphatic carbocycles. The van der Waals surface area contributed by atoms with E-state index in [0.717, 1.165) is 18.8 Å². The summed E-state index contributed by atoms with van der Waals surface area (Å²) >= 11 is 1.44. The van der Waals surface area contributed by atoms with Crippen LogP contribution in [0.15, 0.2) is 46.7 Å². The van der Waals surface area contributed by atoms with E-state index in [1.807, 2.05) is 10.3 Å². The Bertz CT molecular complexity index is 1080. The van der Waals surface area contributed by atoms with Gasteiger partial charge in [0, 0.05) is 62.9 Å². The maximum absolute atomic E-state index is 13.1. The summed E-state index contributed by atoms with van der Waals surface area (Å²) in [6, 6.07) is 7.57. The Balaban J connectivity index is 1.20. The summed E-state index contributed by atoms with van der Waals surface area (Å²) in [5.41, 5.74) is 0.697. The minimum Gasteiger partial charge on any atom is -0.493 e. The van der Waals surface area contributed by atoms with Crippen molar-refractivity contribution >= 4 is 22.2 Å². The third-order valence-electron chi connectivity index (χ3n) is 5.07. The van der Waals surface area contributed by atoms with Gasteiger partial charge in [-0.1, -0.05) is 6.07 Å². The number of amides is 1. The van der Waals surface area contributed by atoms with Crippen LogP contribution in [-0.4, -0.2) is 57.9 Å². The number of thiazole rings is 1. The minimum absolute atomic E-state index is 0.0643. The molecule has 158 valence electrons. The molecule has 0 N–H and O–H groups in total. The average Bonchev–Trinajstić information content (AvgIpc) is 3.21. The molecular formula is C21H23FN4O3S. The first-order valence-corrected chi connectivity index (χ1v) is 10.8. The van der Waals surface area contributed by atoms with Crippen molar-refractivity contribution in [2.24, 2.45) is 0 Å². The van der Waals surface area contributed by atoms with Crippen LogP contribution in [0.3, 0.4) is 0 Å². The second-order valence-electron chi connectivity index (χ2n) is 7.21. The zero-order valence-corrected chi connectivity index (χ0v) is 17.3. The molecular weight excluding hydrogens is 407 g/mol. The van der Waals surface area contributed by atoms with Crippen molar-refractivity contribution in [3.05, 3.63) is 63.8 Å². The molecule has 9 heteroatoms. The van der Waals surface area contributed by atoms with Crippen LogP contribution >= 0.6 is 11.3 Å². The van der Waals surface area contributed by atoms with Crippen molar-refractivity contribution in [2.75, 3.05) is 32.8 Å². The van der Waals surface area contributed by atoms with Gasteiger partial charge in [0.1, 0.15) is 11.6 Å². The molecule has 0 unspecified atom stereocenters. The van der Waals surface area contributed by atoms with Gasteiger partial charge in [0.05, 0.1) is 12.3 Å². The molecule has 1 saturated heterocycles. The lowest BCUT2D eigenvalue weighted by molar-refractivity contribution is -0.133. The summed E-state index contributed by atoms with van der Waals surface area (Å²) in [7, 11) is 0. The third kappa shape index (κ3) is 5.03. The molecule has 1 aliphatic heterocycles. The second kappa shape index (κ2) is 9.36. The average molecular weight is 431 g/mol. The van der Waals surface area contributed by atoms with Gasteiger partial charge < -0.3 is 9.64 Å². The number of halogens is 1. The van der Waals surface area contributed by atoms with E-state index >= 15 is 0 Å². The molecule has 0 bridgehead atoms. The SMILES string of the molecule is O=C(CCCOc1cccc(F)c1)N1CCN(Cc2cc(=O)n3ccsc3n2)CC1. The zero-order chi connectivity index (χ0) is 20.9. The Morgan fingerprint density at radius 2 is 2.03 bits per heavy atom. The highest BCUT2D eigenvalue weighted by Gasteiger charge is 2.21. The van der Waals surface area contributed by atoms with Crippen LogP contribution in [-0.2, 0) is 11.3 Å². The number of benzene rings is 1. The largest absolute Gasteiger partial charge is 0.493 e. The summed E-state index contributed by atoms with van der Waals surface area (Å²) < 4.78 is 20.2. The monoisotopic (exact) mass is 430 g/mol. The normalized spacial score (nSPS) is 14.9. The number of hydrogen-bond donors (Lipinski definition) is 0. The molecule has 7 nitrogen and oxygen atoms in total.